The second kappa shape index (κ2) is 6.91. The zero-order valence-electron chi connectivity index (χ0n) is 12.1. The molecular formula is C17H20BrNO. The zero-order valence-corrected chi connectivity index (χ0v) is 13.7. The number of hydrogen-bond acceptors (Lipinski definition) is 2. The van der Waals surface area contributed by atoms with Gasteiger partial charge in [0.05, 0.1) is 7.11 Å². The Morgan fingerprint density at radius 3 is 2.70 bits per heavy atom. The molecule has 0 spiro atoms. The van der Waals surface area contributed by atoms with Gasteiger partial charge in [-0.3, -0.25) is 0 Å². The van der Waals surface area contributed by atoms with Crippen molar-refractivity contribution in [1.29, 1.82) is 0 Å². The van der Waals surface area contributed by atoms with Crippen molar-refractivity contribution in [2.24, 2.45) is 0 Å². The van der Waals surface area contributed by atoms with Gasteiger partial charge in [-0.15, -0.1) is 0 Å². The summed E-state index contributed by atoms with van der Waals surface area (Å²) < 4.78 is 6.43. The second-order valence-electron chi connectivity index (χ2n) is 4.92. The molecule has 0 aliphatic carbocycles. The third-order valence-corrected chi connectivity index (χ3v) is 4.17. The maximum absolute atomic E-state index is 5.29. The van der Waals surface area contributed by atoms with Crippen LogP contribution in [0.3, 0.4) is 0 Å². The average molecular weight is 334 g/mol. The fourth-order valence-corrected chi connectivity index (χ4v) is 2.86. The Morgan fingerprint density at radius 1 is 1.20 bits per heavy atom. The highest BCUT2D eigenvalue weighted by molar-refractivity contribution is 9.10. The molecule has 0 aliphatic heterocycles. The number of aryl methyl sites for hydroxylation is 1. The van der Waals surface area contributed by atoms with Gasteiger partial charge in [0.2, 0.25) is 0 Å². The average Bonchev–Trinajstić information content (AvgIpc) is 2.47. The Balaban J connectivity index is 2.26. The van der Waals surface area contributed by atoms with E-state index < -0.39 is 0 Å². The quantitative estimate of drug-likeness (QED) is 0.882. The summed E-state index contributed by atoms with van der Waals surface area (Å²) in [5.74, 6) is 0.903. The molecule has 2 nitrogen and oxygen atoms in total. The van der Waals surface area contributed by atoms with Crippen molar-refractivity contribution in [3.05, 3.63) is 63.6 Å². The van der Waals surface area contributed by atoms with Gasteiger partial charge in [0, 0.05) is 10.5 Å². The van der Waals surface area contributed by atoms with Crippen molar-refractivity contribution in [2.75, 3.05) is 14.2 Å². The van der Waals surface area contributed by atoms with E-state index in [1.807, 2.05) is 19.2 Å². The van der Waals surface area contributed by atoms with Crippen LogP contribution in [-0.2, 0) is 6.42 Å². The van der Waals surface area contributed by atoms with Crippen LogP contribution in [-0.4, -0.2) is 14.2 Å². The molecule has 3 heteroatoms. The van der Waals surface area contributed by atoms with E-state index in [1.165, 1.54) is 16.7 Å². The summed E-state index contributed by atoms with van der Waals surface area (Å²) in [7, 11) is 3.70. The highest BCUT2D eigenvalue weighted by atomic mass is 79.9. The van der Waals surface area contributed by atoms with Crippen LogP contribution in [0.25, 0.3) is 0 Å². The van der Waals surface area contributed by atoms with Crippen molar-refractivity contribution in [3.63, 3.8) is 0 Å². The first-order chi connectivity index (χ1) is 9.63. The number of rotatable bonds is 5. The molecule has 106 valence electrons. The van der Waals surface area contributed by atoms with E-state index in [4.69, 9.17) is 4.74 Å². The lowest BCUT2D eigenvalue weighted by atomic mass is 9.97. The van der Waals surface area contributed by atoms with Gasteiger partial charge < -0.3 is 10.1 Å². The lowest BCUT2D eigenvalue weighted by Crippen LogP contribution is -2.19. The Bertz CT molecular complexity index is 583. The standard InChI is InChI=1S/C17H20BrNO/c1-12-7-8-16(18)15(9-12)17(19-2)11-13-5-4-6-14(10-13)20-3/h4-10,17,19H,11H2,1-3H3. The van der Waals surface area contributed by atoms with Crippen LogP contribution >= 0.6 is 15.9 Å². The minimum atomic E-state index is 0.274. The number of likely N-dealkylation sites (N-methyl/N-ethyl adjacent to an activating group) is 1. The van der Waals surface area contributed by atoms with Crippen molar-refractivity contribution in [1.82, 2.24) is 5.32 Å². The number of ether oxygens (including phenoxy) is 1. The van der Waals surface area contributed by atoms with Crippen LogP contribution in [0.15, 0.2) is 46.9 Å². The summed E-state index contributed by atoms with van der Waals surface area (Å²) in [6.07, 6.45) is 0.926. The first-order valence-electron chi connectivity index (χ1n) is 6.70. The Kier molecular flexibility index (Phi) is 5.21. The molecule has 2 rings (SSSR count). The molecule has 1 unspecified atom stereocenters. The van der Waals surface area contributed by atoms with E-state index >= 15 is 0 Å². The van der Waals surface area contributed by atoms with E-state index in [1.54, 1.807) is 7.11 Å². The minimum Gasteiger partial charge on any atom is -0.497 e. The molecule has 0 bridgehead atoms. The normalized spacial score (nSPS) is 12.2. The Labute approximate surface area is 129 Å². The third-order valence-electron chi connectivity index (χ3n) is 3.45. The van der Waals surface area contributed by atoms with Crippen molar-refractivity contribution < 1.29 is 4.74 Å². The molecular weight excluding hydrogens is 314 g/mol. The second-order valence-corrected chi connectivity index (χ2v) is 5.78. The molecule has 0 saturated heterocycles. The SMILES string of the molecule is CNC(Cc1cccc(OC)c1)c1cc(C)ccc1Br. The molecule has 0 amide bonds. The molecule has 1 atom stereocenters. The molecule has 20 heavy (non-hydrogen) atoms. The fourth-order valence-electron chi connectivity index (χ4n) is 2.33. The predicted octanol–water partition coefficient (Wildman–Crippen LogP) is 4.27. The van der Waals surface area contributed by atoms with Gasteiger partial charge in [-0.1, -0.05) is 45.8 Å². The molecule has 2 aromatic rings. The first-order valence-corrected chi connectivity index (χ1v) is 7.49. The largest absolute Gasteiger partial charge is 0.497 e. The van der Waals surface area contributed by atoms with Crippen LogP contribution in [0.4, 0.5) is 0 Å². The molecule has 0 aromatic heterocycles. The summed E-state index contributed by atoms with van der Waals surface area (Å²) in [6.45, 7) is 2.12. The van der Waals surface area contributed by atoms with Gasteiger partial charge in [-0.25, -0.2) is 0 Å². The molecule has 2 aromatic carbocycles. The lowest BCUT2D eigenvalue weighted by molar-refractivity contribution is 0.414. The smallest absolute Gasteiger partial charge is 0.119 e. The topological polar surface area (TPSA) is 21.3 Å². The van der Waals surface area contributed by atoms with E-state index in [9.17, 15) is 0 Å². The fraction of sp³-hybridized carbons (Fsp3) is 0.294. The number of hydrogen-bond donors (Lipinski definition) is 1. The number of benzene rings is 2. The van der Waals surface area contributed by atoms with Gasteiger partial charge in [0.25, 0.3) is 0 Å². The zero-order chi connectivity index (χ0) is 14.5. The highest BCUT2D eigenvalue weighted by Crippen LogP contribution is 2.27. The number of methoxy groups -OCH3 is 1. The maximum Gasteiger partial charge on any atom is 0.119 e. The lowest BCUT2D eigenvalue weighted by Gasteiger charge is -2.19. The summed E-state index contributed by atoms with van der Waals surface area (Å²) in [5.41, 5.74) is 3.82. The monoisotopic (exact) mass is 333 g/mol. The summed E-state index contributed by atoms with van der Waals surface area (Å²) in [6, 6.07) is 15.0. The molecule has 0 saturated carbocycles. The predicted molar refractivity (Wildman–Crippen MR) is 87.4 cm³/mol. The van der Waals surface area contributed by atoms with Crippen LogP contribution in [0, 0.1) is 6.92 Å². The van der Waals surface area contributed by atoms with Gasteiger partial charge in [0.1, 0.15) is 5.75 Å². The Hall–Kier alpha value is -1.32. The van der Waals surface area contributed by atoms with E-state index in [0.29, 0.717) is 0 Å². The van der Waals surface area contributed by atoms with E-state index in [0.717, 1.165) is 16.6 Å². The first kappa shape index (κ1) is 15.1. The molecule has 0 radical (unpaired) electrons. The molecule has 0 heterocycles. The van der Waals surface area contributed by atoms with E-state index in [2.05, 4.69) is 58.5 Å². The third kappa shape index (κ3) is 3.62. The number of nitrogens with one attached hydrogen (secondary N) is 1. The van der Waals surface area contributed by atoms with Crippen LogP contribution in [0.5, 0.6) is 5.75 Å². The van der Waals surface area contributed by atoms with Gasteiger partial charge >= 0.3 is 0 Å². The van der Waals surface area contributed by atoms with Crippen LogP contribution in [0.1, 0.15) is 22.7 Å². The highest BCUT2D eigenvalue weighted by Gasteiger charge is 2.14. The number of halogens is 1. The van der Waals surface area contributed by atoms with Crippen LogP contribution in [0.2, 0.25) is 0 Å². The summed E-state index contributed by atoms with van der Waals surface area (Å²) in [4.78, 5) is 0. The molecule has 0 aliphatic rings. The minimum absolute atomic E-state index is 0.274. The van der Waals surface area contributed by atoms with Crippen molar-refractivity contribution in [2.45, 2.75) is 19.4 Å². The van der Waals surface area contributed by atoms with Crippen molar-refractivity contribution >= 4 is 15.9 Å². The Morgan fingerprint density at radius 2 is 2.00 bits per heavy atom. The molecule has 0 fully saturated rings. The van der Waals surface area contributed by atoms with Crippen LogP contribution < -0.4 is 10.1 Å². The van der Waals surface area contributed by atoms with Crippen molar-refractivity contribution in [3.8, 4) is 5.75 Å². The van der Waals surface area contributed by atoms with Gasteiger partial charge in [0.15, 0.2) is 0 Å². The molecule has 1 N–H and O–H groups in total. The summed E-state index contributed by atoms with van der Waals surface area (Å²) >= 11 is 3.65. The van der Waals surface area contributed by atoms with Gasteiger partial charge in [-0.05, 0) is 49.7 Å². The summed E-state index contributed by atoms with van der Waals surface area (Å²) in [5, 5.41) is 3.40. The van der Waals surface area contributed by atoms with E-state index in [-0.39, 0.29) is 6.04 Å². The maximum atomic E-state index is 5.29. The van der Waals surface area contributed by atoms with Gasteiger partial charge in [-0.2, -0.15) is 0 Å².